The van der Waals surface area contributed by atoms with Crippen molar-refractivity contribution in [3.63, 3.8) is 0 Å². The van der Waals surface area contributed by atoms with E-state index in [4.69, 9.17) is 9.47 Å². The summed E-state index contributed by atoms with van der Waals surface area (Å²) in [6.45, 7) is 3.68. The fraction of sp³-hybridized carbons (Fsp3) is 0.407. The number of hydrogen-bond acceptors (Lipinski definition) is 4. The molecule has 0 bridgehead atoms. The molecule has 0 atom stereocenters. The number of rotatable bonds is 12. The molecule has 0 spiro atoms. The first kappa shape index (κ1) is 23.8. The van der Waals surface area contributed by atoms with E-state index < -0.39 is 0 Å². The summed E-state index contributed by atoms with van der Waals surface area (Å²) < 4.78 is 10.6. The highest BCUT2D eigenvalue weighted by Gasteiger charge is 2.34. The number of methoxy groups -OCH3 is 1. The molecule has 3 aromatic rings. The number of ether oxygens (including phenoxy) is 2. The number of nitrogens with zero attached hydrogens (tertiary/aromatic N) is 2. The summed E-state index contributed by atoms with van der Waals surface area (Å²) in [4.78, 5) is 32.8. The van der Waals surface area contributed by atoms with E-state index in [-0.39, 0.29) is 31.0 Å². The molecular weight excluding hydrogens is 430 g/mol. The van der Waals surface area contributed by atoms with Crippen LogP contribution in [0.5, 0.6) is 5.75 Å². The van der Waals surface area contributed by atoms with Gasteiger partial charge in [0.2, 0.25) is 11.8 Å². The summed E-state index contributed by atoms with van der Waals surface area (Å²) in [5.74, 6) is 0.633. The Hall–Kier alpha value is -3.32. The average Bonchev–Trinajstić information content (AvgIpc) is 3.61. The van der Waals surface area contributed by atoms with Crippen molar-refractivity contribution in [2.75, 3.05) is 33.4 Å². The largest absolute Gasteiger partial charge is 0.494 e. The molecule has 1 heterocycles. The first-order chi connectivity index (χ1) is 16.6. The lowest BCUT2D eigenvalue weighted by molar-refractivity contribution is -0.143. The molecular formula is C27H33N3O4. The Morgan fingerprint density at radius 1 is 1.06 bits per heavy atom. The van der Waals surface area contributed by atoms with Crippen LogP contribution < -0.4 is 4.74 Å². The van der Waals surface area contributed by atoms with Gasteiger partial charge < -0.3 is 24.3 Å². The predicted octanol–water partition coefficient (Wildman–Crippen LogP) is 3.78. The number of aromatic amines is 1. The Morgan fingerprint density at radius 2 is 1.82 bits per heavy atom. The molecule has 1 N–H and O–H groups in total. The predicted molar refractivity (Wildman–Crippen MR) is 132 cm³/mol. The average molecular weight is 464 g/mol. The van der Waals surface area contributed by atoms with Crippen LogP contribution in [-0.2, 0) is 27.3 Å². The van der Waals surface area contributed by atoms with Crippen LogP contribution in [0.3, 0.4) is 0 Å². The van der Waals surface area contributed by atoms with Gasteiger partial charge in [-0.3, -0.25) is 9.59 Å². The molecule has 34 heavy (non-hydrogen) atoms. The van der Waals surface area contributed by atoms with Crippen molar-refractivity contribution in [3.05, 3.63) is 65.9 Å². The molecule has 1 aliphatic rings. The van der Waals surface area contributed by atoms with Crippen molar-refractivity contribution in [1.82, 2.24) is 14.8 Å². The van der Waals surface area contributed by atoms with Crippen LogP contribution in [-0.4, -0.2) is 66.1 Å². The number of para-hydroxylation sites is 1. The van der Waals surface area contributed by atoms with Crippen molar-refractivity contribution < 1.29 is 19.1 Å². The summed E-state index contributed by atoms with van der Waals surface area (Å²) in [5.41, 5.74) is 3.29. The smallest absolute Gasteiger partial charge is 0.249 e. The molecule has 0 radical (unpaired) electrons. The zero-order chi connectivity index (χ0) is 23.9. The standard InChI is InChI=1S/C27H33N3O4/c1-3-34-23-12-8-20(9-13-23)17-29(15-14-21-16-28-25-7-5-4-6-24(21)25)26(31)18-30(22-10-11-22)27(32)19-33-2/h4-9,12-13,16,22,28H,3,10-11,14-15,17-19H2,1-2H3. The van der Waals surface area contributed by atoms with Gasteiger partial charge in [-0.1, -0.05) is 30.3 Å². The summed E-state index contributed by atoms with van der Waals surface area (Å²) in [5, 5.41) is 1.17. The molecule has 1 aromatic heterocycles. The van der Waals surface area contributed by atoms with E-state index in [1.54, 1.807) is 4.90 Å². The van der Waals surface area contributed by atoms with E-state index in [0.29, 0.717) is 19.7 Å². The zero-order valence-corrected chi connectivity index (χ0v) is 20.0. The minimum atomic E-state index is -0.129. The third-order valence-corrected chi connectivity index (χ3v) is 6.17. The van der Waals surface area contributed by atoms with Gasteiger partial charge in [-0.25, -0.2) is 0 Å². The highest BCUT2D eigenvalue weighted by Crippen LogP contribution is 2.27. The second-order valence-electron chi connectivity index (χ2n) is 8.69. The maximum absolute atomic E-state index is 13.5. The van der Waals surface area contributed by atoms with Crippen LogP contribution in [0.1, 0.15) is 30.9 Å². The van der Waals surface area contributed by atoms with Gasteiger partial charge in [0, 0.05) is 43.3 Å². The topological polar surface area (TPSA) is 74.9 Å². The zero-order valence-electron chi connectivity index (χ0n) is 20.0. The van der Waals surface area contributed by atoms with E-state index in [1.165, 1.54) is 18.1 Å². The second-order valence-corrected chi connectivity index (χ2v) is 8.69. The fourth-order valence-electron chi connectivity index (χ4n) is 4.22. The SMILES string of the molecule is CCOc1ccc(CN(CCc2c[nH]c3ccccc23)C(=O)CN(C(=O)COC)C2CC2)cc1. The van der Waals surface area contributed by atoms with Crippen molar-refractivity contribution in [3.8, 4) is 5.75 Å². The van der Waals surface area contributed by atoms with Crippen LogP contribution >= 0.6 is 0 Å². The monoisotopic (exact) mass is 463 g/mol. The number of fused-ring (bicyclic) bond motifs is 1. The molecule has 0 aliphatic heterocycles. The number of carbonyl (C=O) groups is 2. The molecule has 4 rings (SSSR count). The lowest BCUT2D eigenvalue weighted by Gasteiger charge is -2.28. The molecule has 2 aromatic carbocycles. The van der Waals surface area contributed by atoms with Gasteiger partial charge in [-0.2, -0.15) is 0 Å². The molecule has 180 valence electrons. The van der Waals surface area contributed by atoms with E-state index in [1.807, 2.05) is 54.4 Å². The molecule has 7 heteroatoms. The van der Waals surface area contributed by atoms with Crippen molar-refractivity contribution in [1.29, 1.82) is 0 Å². The number of hydrogen-bond donors (Lipinski definition) is 1. The fourth-order valence-corrected chi connectivity index (χ4v) is 4.22. The van der Waals surface area contributed by atoms with Crippen LogP contribution in [0.25, 0.3) is 10.9 Å². The van der Waals surface area contributed by atoms with Crippen LogP contribution in [0.4, 0.5) is 0 Å². The Kier molecular flexibility index (Phi) is 7.85. The molecule has 1 aliphatic carbocycles. The molecule has 0 saturated heterocycles. The Labute approximate surface area is 200 Å². The van der Waals surface area contributed by atoms with Crippen LogP contribution in [0.2, 0.25) is 0 Å². The number of H-pyrrole nitrogens is 1. The number of benzene rings is 2. The Bertz CT molecular complexity index is 1100. The third-order valence-electron chi connectivity index (χ3n) is 6.17. The summed E-state index contributed by atoms with van der Waals surface area (Å²) in [6, 6.07) is 16.2. The van der Waals surface area contributed by atoms with Crippen LogP contribution in [0.15, 0.2) is 54.7 Å². The normalized spacial score (nSPS) is 13.1. The number of amides is 2. The Balaban J connectivity index is 1.49. The summed E-state index contributed by atoms with van der Waals surface area (Å²) in [7, 11) is 1.50. The summed E-state index contributed by atoms with van der Waals surface area (Å²) >= 11 is 0. The van der Waals surface area contributed by atoms with Gasteiger partial charge in [0.25, 0.3) is 0 Å². The van der Waals surface area contributed by atoms with Gasteiger partial charge in [0.05, 0.1) is 6.61 Å². The second kappa shape index (κ2) is 11.2. The maximum Gasteiger partial charge on any atom is 0.249 e. The minimum absolute atomic E-state index is 0.00197. The van der Waals surface area contributed by atoms with Crippen molar-refractivity contribution in [2.24, 2.45) is 0 Å². The summed E-state index contributed by atoms with van der Waals surface area (Å²) in [6.07, 6.45) is 4.62. The minimum Gasteiger partial charge on any atom is -0.494 e. The van der Waals surface area contributed by atoms with E-state index >= 15 is 0 Å². The van der Waals surface area contributed by atoms with E-state index in [9.17, 15) is 9.59 Å². The van der Waals surface area contributed by atoms with Crippen molar-refractivity contribution in [2.45, 2.75) is 38.8 Å². The maximum atomic E-state index is 13.5. The highest BCUT2D eigenvalue weighted by molar-refractivity contribution is 5.86. The molecule has 0 unspecified atom stereocenters. The van der Waals surface area contributed by atoms with E-state index in [0.717, 1.165) is 36.1 Å². The van der Waals surface area contributed by atoms with Gasteiger partial charge in [0.1, 0.15) is 18.9 Å². The highest BCUT2D eigenvalue weighted by atomic mass is 16.5. The quantitative estimate of drug-likeness (QED) is 0.444. The lowest BCUT2D eigenvalue weighted by Crippen LogP contribution is -2.45. The van der Waals surface area contributed by atoms with Gasteiger partial charge in [0.15, 0.2) is 0 Å². The number of carbonyl (C=O) groups excluding carboxylic acids is 2. The molecule has 7 nitrogen and oxygen atoms in total. The Morgan fingerprint density at radius 3 is 2.53 bits per heavy atom. The molecule has 1 saturated carbocycles. The van der Waals surface area contributed by atoms with Crippen LogP contribution in [0, 0.1) is 0 Å². The molecule has 2 amide bonds. The third kappa shape index (κ3) is 5.97. The lowest BCUT2D eigenvalue weighted by atomic mass is 10.1. The van der Waals surface area contributed by atoms with Gasteiger partial charge in [-0.05, 0) is 55.5 Å². The number of aromatic nitrogens is 1. The molecule has 1 fully saturated rings. The number of nitrogens with one attached hydrogen (secondary N) is 1. The first-order valence-corrected chi connectivity index (χ1v) is 11.9. The van der Waals surface area contributed by atoms with Gasteiger partial charge in [-0.15, -0.1) is 0 Å². The van der Waals surface area contributed by atoms with Crippen molar-refractivity contribution >= 4 is 22.7 Å². The van der Waals surface area contributed by atoms with Gasteiger partial charge >= 0.3 is 0 Å². The van der Waals surface area contributed by atoms with E-state index in [2.05, 4.69) is 17.1 Å². The first-order valence-electron chi connectivity index (χ1n) is 11.9.